The monoisotopic (exact) mass is 393 g/mol. The highest BCUT2D eigenvalue weighted by atomic mass is 16.5. The van der Waals surface area contributed by atoms with E-state index in [0.717, 1.165) is 30.1 Å². The molecule has 1 aliphatic rings. The number of hydrogen-bond donors (Lipinski definition) is 0. The van der Waals surface area contributed by atoms with Crippen molar-refractivity contribution < 1.29 is 14.3 Å². The Kier molecular flexibility index (Phi) is 6.54. The highest BCUT2D eigenvalue weighted by Crippen LogP contribution is 2.25. The van der Waals surface area contributed by atoms with Crippen LogP contribution in [0.5, 0.6) is 5.75 Å². The number of rotatable bonds is 7. The van der Waals surface area contributed by atoms with Crippen LogP contribution < -0.4 is 9.64 Å². The lowest BCUT2D eigenvalue weighted by molar-refractivity contribution is -0.122. The lowest BCUT2D eigenvalue weighted by Crippen LogP contribution is -2.29. The molecule has 0 unspecified atom stereocenters. The Morgan fingerprint density at radius 1 is 1.03 bits per heavy atom. The number of carbonyl (C=O) groups is 1. The van der Waals surface area contributed by atoms with Crippen molar-refractivity contribution in [3.63, 3.8) is 0 Å². The van der Waals surface area contributed by atoms with Gasteiger partial charge in [0.2, 0.25) is 0 Å². The molecule has 0 spiro atoms. The summed E-state index contributed by atoms with van der Waals surface area (Å²) in [6.45, 7) is 8.55. The molecule has 6 nitrogen and oxygen atoms in total. The number of carbonyl (C=O) groups excluding carboxylic acids is 1. The molecule has 2 aromatic carbocycles. The van der Waals surface area contributed by atoms with Crippen molar-refractivity contribution in [1.82, 2.24) is 4.90 Å². The van der Waals surface area contributed by atoms with Crippen molar-refractivity contribution in [1.29, 1.82) is 0 Å². The number of anilines is 1. The van der Waals surface area contributed by atoms with E-state index in [1.165, 1.54) is 4.90 Å². The van der Waals surface area contributed by atoms with Crippen LogP contribution in [0.3, 0.4) is 0 Å². The number of methoxy groups -OCH3 is 1. The third kappa shape index (κ3) is 4.59. The lowest BCUT2D eigenvalue weighted by Gasteiger charge is -2.20. The molecule has 0 radical (unpaired) electrons. The topological polar surface area (TPSA) is 54.4 Å². The van der Waals surface area contributed by atoms with Gasteiger partial charge in [-0.2, -0.15) is 4.99 Å². The van der Waals surface area contributed by atoms with E-state index in [2.05, 4.69) is 35.9 Å². The number of hydrogen-bond acceptors (Lipinski definition) is 5. The van der Waals surface area contributed by atoms with Crippen molar-refractivity contribution in [2.24, 2.45) is 4.99 Å². The van der Waals surface area contributed by atoms with Gasteiger partial charge in [0.1, 0.15) is 5.75 Å². The molecular formula is C23H27N3O3. The van der Waals surface area contributed by atoms with Crippen molar-refractivity contribution in [3.05, 3.63) is 59.9 Å². The molecule has 1 fully saturated rings. The molecule has 6 heteroatoms. The molecule has 1 amide bonds. The molecule has 152 valence electrons. The molecule has 1 saturated heterocycles. The van der Waals surface area contributed by atoms with Crippen LogP contribution in [0.15, 0.2) is 59.3 Å². The molecule has 0 aliphatic carbocycles. The highest BCUT2D eigenvalue weighted by Gasteiger charge is 2.33. The van der Waals surface area contributed by atoms with Crippen LogP contribution in [0.4, 0.5) is 11.4 Å². The van der Waals surface area contributed by atoms with Gasteiger partial charge < -0.3 is 14.4 Å². The molecule has 0 N–H and O–H groups in total. The van der Waals surface area contributed by atoms with Crippen LogP contribution in [0.25, 0.3) is 6.08 Å². The van der Waals surface area contributed by atoms with Gasteiger partial charge in [-0.25, -0.2) is 0 Å². The van der Waals surface area contributed by atoms with Crippen LogP contribution in [0.2, 0.25) is 0 Å². The molecule has 0 saturated carbocycles. The van der Waals surface area contributed by atoms with Gasteiger partial charge in [0, 0.05) is 25.3 Å². The molecule has 3 rings (SSSR count). The predicted molar refractivity (Wildman–Crippen MR) is 117 cm³/mol. The number of benzene rings is 2. The predicted octanol–water partition coefficient (Wildman–Crippen LogP) is 4.45. The summed E-state index contributed by atoms with van der Waals surface area (Å²) >= 11 is 0. The Bertz CT molecular complexity index is 898. The second-order valence-corrected chi connectivity index (χ2v) is 6.52. The van der Waals surface area contributed by atoms with Crippen LogP contribution in [0.1, 0.15) is 26.3 Å². The number of amides is 1. The van der Waals surface area contributed by atoms with Crippen LogP contribution in [0, 0.1) is 0 Å². The first-order valence-corrected chi connectivity index (χ1v) is 9.88. The van der Waals surface area contributed by atoms with Crippen molar-refractivity contribution >= 4 is 29.4 Å². The average Bonchev–Trinajstić information content (AvgIpc) is 3.04. The fourth-order valence-electron chi connectivity index (χ4n) is 3.16. The van der Waals surface area contributed by atoms with E-state index in [0.29, 0.717) is 12.2 Å². The van der Waals surface area contributed by atoms with E-state index >= 15 is 0 Å². The first-order chi connectivity index (χ1) is 14.1. The number of likely N-dealkylation sites (N-methyl/N-ethyl adjacent to an activating group) is 1. The fourth-order valence-corrected chi connectivity index (χ4v) is 3.16. The van der Waals surface area contributed by atoms with E-state index < -0.39 is 0 Å². The summed E-state index contributed by atoms with van der Waals surface area (Å²) in [6.07, 6.45) is 1.76. The minimum absolute atomic E-state index is 0.187. The zero-order valence-corrected chi connectivity index (χ0v) is 17.4. The zero-order chi connectivity index (χ0) is 20.8. The molecule has 0 aromatic heterocycles. The maximum atomic E-state index is 12.7. The Morgan fingerprint density at radius 2 is 1.69 bits per heavy atom. The van der Waals surface area contributed by atoms with Crippen molar-refractivity contribution in [2.45, 2.75) is 20.8 Å². The Labute approximate surface area is 172 Å². The van der Waals surface area contributed by atoms with Gasteiger partial charge in [0.25, 0.3) is 5.91 Å². The molecule has 0 atom stereocenters. The summed E-state index contributed by atoms with van der Waals surface area (Å²) in [5.41, 5.74) is 2.76. The molecule has 0 bridgehead atoms. The van der Waals surface area contributed by atoms with E-state index in [-0.39, 0.29) is 17.7 Å². The normalized spacial score (nSPS) is 16.4. The largest absolute Gasteiger partial charge is 0.497 e. The third-order valence-corrected chi connectivity index (χ3v) is 4.82. The Hall–Kier alpha value is -3.28. The van der Waals surface area contributed by atoms with Gasteiger partial charge in [-0.15, -0.1) is 0 Å². The quantitative estimate of drug-likeness (QED) is 0.652. The molecule has 1 heterocycles. The minimum Gasteiger partial charge on any atom is -0.497 e. The maximum absolute atomic E-state index is 12.7. The van der Waals surface area contributed by atoms with Gasteiger partial charge in [-0.05, 0) is 68.8 Å². The number of amidine groups is 1. The van der Waals surface area contributed by atoms with E-state index in [9.17, 15) is 4.79 Å². The first kappa shape index (κ1) is 20.5. The number of aliphatic imine (C=N–C) groups is 1. The summed E-state index contributed by atoms with van der Waals surface area (Å²) in [5, 5.41) is 0. The SMILES string of the molecule is CCN1C(=O)/C(=C\c2ccc(N(CC)CC)cc2)O/C1=N/c1ccc(OC)cc1. The van der Waals surface area contributed by atoms with Gasteiger partial charge in [0.15, 0.2) is 5.76 Å². The Balaban J connectivity index is 1.83. The smallest absolute Gasteiger partial charge is 0.305 e. The summed E-state index contributed by atoms with van der Waals surface area (Å²) in [4.78, 5) is 21.0. The molecule has 1 aliphatic heterocycles. The van der Waals surface area contributed by atoms with E-state index in [1.807, 2.05) is 43.3 Å². The first-order valence-electron chi connectivity index (χ1n) is 9.88. The molecule has 2 aromatic rings. The van der Waals surface area contributed by atoms with Crippen molar-refractivity contribution in [2.75, 3.05) is 31.6 Å². The van der Waals surface area contributed by atoms with Gasteiger partial charge in [0.05, 0.1) is 12.8 Å². The molecular weight excluding hydrogens is 366 g/mol. The third-order valence-electron chi connectivity index (χ3n) is 4.82. The number of ether oxygens (including phenoxy) is 2. The van der Waals surface area contributed by atoms with Crippen molar-refractivity contribution in [3.8, 4) is 5.75 Å². The van der Waals surface area contributed by atoms with E-state index in [1.54, 1.807) is 13.2 Å². The Morgan fingerprint density at radius 3 is 2.24 bits per heavy atom. The van der Waals surface area contributed by atoms with Crippen LogP contribution >= 0.6 is 0 Å². The number of nitrogens with zero attached hydrogens (tertiary/aromatic N) is 3. The van der Waals surface area contributed by atoms with Gasteiger partial charge in [-0.3, -0.25) is 9.69 Å². The maximum Gasteiger partial charge on any atom is 0.305 e. The minimum atomic E-state index is -0.187. The second-order valence-electron chi connectivity index (χ2n) is 6.52. The van der Waals surface area contributed by atoms with Crippen LogP contribution in [-0.4, -0.2) is 43.6 Å². The summed E-state index contributed by atoms with van der Waals surface area (Å²) in [5.74, 6) is 0.834. The van der Waals surface area contributed by atoms with Crippen LogP contribution in [-0.2, 0) is 9.53 Å². The summed E-state index contributed by atoms with van der Waals surface area (Å²) < 4.78 is 11.0. The second kappa shape index (κ2) is 9.28. The summed E-state index contributed by atoms with van der Waals surface area (Å²) in [7, 11) is 1.62. The fraction of sp³-hybridized carbons (Fsp3) is 0.304. The summed E-state index contributed by atoms with van der Waals surface area (Å²) in [6, 6.07) is 15.7. The standard InChI is InChI=1S/C23H27N3O3/c1-5-25(6-2)19-12-8-17(9-13-19)16-21-22(27)26(7-3)23(29-21)24-18-10-14-20(28-4)15-11-18/h8-16H,5-7H2,1-4H3/b21-16+,24-23+. The van der Waals surface area contributed by atoms with Gasteiger partial charge >= 0.3 is 6.02 Å². The lowest BCUT2D eigenvalue weighted by atomic mass is 10.1. The highest BCUT2D eigenvalue weighted by molar-refractivity contribution is 6.11. The van der Waals surface area contributed by atoms with Gasteiger partial charge in [-0.1, -0.05) is 12.1 Å². The molecule has 29 heavy (non-hydrogen) atoms. The zero-order valence-electron chi connectivity index (χ0n) is 17.4. The van der Waals surface area contributed by atoms with E-state index in [4.69, 9.17) is 9.47 Å². The average molecular weight is 393 g/mol.